The normalized spacial score (nSPS) is 14.4. The Labute approximate surface area is 161 Å². The fraction of sp³-hybridized carbons (Fsp3) is 0.200. The number of nitrogens with zero attached hydrogens (tertiary/aromatic N) is 2. The third kappa shape index (κ3) is 3.50. The number of hydrogen-bond donors (Lipinski definition) is 0. The number of rotatable bonds is 5. The summed E-state index contributed by atoms with van der Waals surface area (Å²) < 4.78 is 0. The van der Waals surface area contributed by atoms with Crippen molar-refractivity contribution in [1.29, 1.82) is 0 Å². The van der Waals surface area contributed by atoms with Gasteiger partial charge in [0.2, 0.25) is 0 Å². The van der Waals surface area contributed by atoms with Gasteiger partial charge in [0.25, 0.3) is 17.5 Å². The standard InChI is InChI=1S/C20H18N2O4S/c1-12(2)27-18-17(14-8-10-15(11-9-14)22(25)26)19(23)21(20(18)24)16-7-5-4-6-13(16)3/h4-12H,1-3H3. The summed E-state index contributed by atoms with van der Waals surface area (Å²) in [5, 5.41) is 11.0. The van der Waals surface area contributed by atoms with Crippen LogP contribution >= 0.6 is 11.8 Å². The number of nitro groups is 1. The van der Waals surface area contributed by atoms with Crippen molar-refractivity contribution in [3.05, 3.63) is 74.7 Å². The molecule has 0 bridgehead atoms. The molecule has 3 rings (SSSR count). The van der Waals surface area contributed by atoms with Crippen LogP contribution in [0.15, 0.2) is 53.4 Å². The lowest BCUT2D eigenvalue weighted by molar-refractivity contribution is -0.384. The van der Waals surface area contributed by atoms with Crippen LogP contribution in [0.4, 0.5) is 11.4 Å². The number of hydrogen-bond acceptors (Lipinski definition) is 5. The minimum absolute atomic E-state index is 0.0649. The van der Waals surface area contributed by atoms with Crippen LogP contribution in [0.1, 0.15) is 25.0 Å². The number of imide groups is 1. The quantitative estimate of drug-likeness (QED) is 0.437. The van der Waals surface area contributed by atoms with Crippen LogP contribution < -0.4 is 4.90 Å². The van der Waals surface area contributed by atoms with Crippen molar-refractivity contribution in [3.63, 3.8) is 0 Å². The second-order valence-corrected chi connectivity index (χ2v) is 7.99. The predicted molar refractivity (Wildman–Crippen MR) is 106 cm³/mol. The number of amides is 2. The maximum atomic E-state index is 13.2. The molecule has 2 aromatic rings. The molecule has 0 radical (unpaired) electrons. The van der Waals surface area contributed by atoms with Gasteiger partial charge in [-0.05, 0) is 36.2 Å². The highest BCUT2D eigenvalue weighted by molar-refractivity contribution is 8.04. The van der Waals surface area contributed by atoms with Crippen molar-refractivity contribution in [2.75, 3.05) is 4.90 Å². The molecule has 0 aliphatic carbocycles. The van der Waals surface area contributed by atoms with E-state index in [0.717, 1.165) is 5.56 Å². The summed E-state index contributed by atoms with van der Waals surface area (Å²) in [6, 6.07) is 12.9. The summed E-state index contributed by atoms with van der Waals surface area (Å²) in [4.78, 5) is 38.2. The van der Waals surface area contributed by atoms with E-state index in [1.54, 1.807) is 12.1 Å². The van der Waals surface area contributed by atoms with Gasteiger partial charge in [-0.25, -0.2) is 4.90 Å². The van der Waals surface area contributed by atoms with Gasteiger partial charge in [-0.1, -0.05) is 32.0 Å². The molecular weight excluding hydrogens is 364 g/mol. The molecule has 0 fully saturated rings. The van der Waals surface area contributed by atoms with Gasteiger partial charge in [-0.3, -0.25) is 19.7 Å². The lowest BCUT2D eigenvalue weighted by atomic mass is 10.1. The molecule has 0 aromatic heterocycles. The largest absolute Gasteiger partial charge is 0.272 e. The van der Waals surface area contributed by atoms with Crippen LogP contribution in [-0.2, 0) is 9.59 Å². The Kier molecular flexibility index (Phi) is 5.14. The minimum atomic E-state index is -0.497. The predicted octanol–water partition coefficient (Wildman–Crippen LogP) is 4.33. The third-order valence-corrected chi connectivity index (χ3v) is 5.20. The van der Waals surface area contributed by atoms with E-state index in [9.17, 15) is 19.7 Å². The summed E-state index contributed by atoms with van der Waals surface area (Å²) in [7, 11) is 0. The monoisotopic (exact) mass is 382 g/mol. The van der Waals surface area contributed by atoms with Crippen molar-refractivity contribution in [1.82, 2.24) is 0 Å². The van der Waals surface area contributed by atoms with Gasteiger partial charge in [-0.15, -0.1) is 11.8 Å². The number of carbonyl (C=O) groups is 2. The van der Waals surface area contributed by atoms with Crippen molar-refractivity contribution < 1.29 is 14.5 Å². The van der Waals surface area contributed by atoms with Crippen LogP contribution in [0, 0.1) is 17.0 Å². The first-order chi connectivity index (χ1) is 12.8. The summed E-state index contributed by atoms with van der Waals surface area (Å²) in [5.41, 5.74) is 2.09. The fourth-order valence-electron chi connectivity index (χ4n) is 2.89. The Morgan fingerprint density at radius 3 is 2.19 bits per heavy atom. The fourth-order valence-corrected chi connectivity index (χ4v) is 3.88. The maximum Gasteiger partial charge on any atom is 0.272 e. The lowest BCUT2D eigenvalue weighted by Gasteiger charge is -2.17. The number of non-ortho nitro benzene ring substituents is 1. The van der Waals surface area contributed by atoms with E-state index in [0.29, 0.717) is 16.2 Å². The van der Waals surface area contributed by atoms with Gasteiger partial charge < -0.3 is 0 Å². The molecular formula is C20H18N2O4S. The first-order valence-corrected chi connectivity index (χ1v) is 9.29. The summed E-state index contributed by atoms with van der Waals surface area (Å²) in [6.45, 7) is 5.73. The highest BCUT2D eigenvalue weighted by atomic mass is 32.2. The van der Waals surface area contributed by atoms with E-state index < -0.39 is 10.8 Å². The second kappa shape index (κ2) is 7.36. The van der Waals surface area contributed by atoms with Gasteiger partial charge in [0, 0.05) is 17.4 Å². The second-order valence-electron chi connectivity index (χ2n) is 6.41. The van der Waals surface area contributed by atoms with Crippen LogP contribution in [0.5, 0.6) is 0 Å². The lowest BCUT2D eigenvalue weighted by Crippen LogP contribution is -2.32. The average Bonchev–Trinajstić information content (AvgIpc) is 2.85. The zero-order chi connectivity index (χ0) is 19.7. The number of nitro benzene ring substituents is 1. The third-order valence-electron chi connectivity index (χ3n) is 4.12. The van der Waals surface area contributed by atoms with Crippen LogP contribution in [-0.4, -0.2) is 22.0 Å². The molecule has 0 spiro atoms. The number of carbonyl (C=O) groups excluding carboxylic acids is 2. The molecule has 0 saturated heterocycles. The van der Waals surface area contributed by atoms with E-state index in [2.05, 4.69) is 0 Å². The van der Waals surface area contributed by atoms with Crippen LogP contribution in [0.2, 0.25) is 0 Å². The van der Waals surface area contributed by atoms with E-state index >= 15 is 0 Å². The summed E-state index contributed by atoms with van der Waals surface area (Å²) in [5.74, 6) is -0.771. The summed E-state index contributed by atoms with van der Waals surface area (Å²) in [6.07, 6.45) is 0. The zero-order valence-corrected chi connectivity index (χ0v) is 15.9. The molecule has 27 heavy (non-hydrogen) atoms. The first-order valence-electron chi connectivity index (χ1n) is 8.41. The molecule has 0 unspecified atom stereocenters. The Bertz CT molecular complexity index is 964. The van der Waals surface area contributed by atoms with Crippen molar-refractivity contribution in [3.8, 4) is 0 Å². The number of aryl methyl sites for hydroxylation is 1. The molecule has 7 heteroatoms. The van der Waals surface area contributed by atoms with Crippen LogP contribution in [0.3, 0.4) is 0 Å². The molecule has 1 aliphatic rings. The van der Waals surface area contributed by atoms with Gasteiger partial charge in [0.05, 0.1) is 21.1 Å². The smallest absolute Gasteiger partial charge is 0.268 e. The Hall–Kier alpha value is -2.93. The molecule has 0 N–H and O–H groups in total. The molecule has 0 saturated carbocycles. The maximum absolute atomic E-state index is 13.2. The Balaban J connectivity index is 2.11. The average molecular weight is 382 g/mol. The molecule has 2 amide bonds. The molecule has 6 nitrogen and oxygen atoms in total. The van der Waals surface area contributed by atoms with Crippen LogP contribution in [0.25, 0.3) is 5.57 Å². The van der Waals surface area contributed by atoms with Gasteiger partial charge in [0.15, 0.2) is 0 Å². The van der Waals surface area contributed by atoms with E-state index in [4.69, 9.17) is 0 Å². The Morgan fingerprint density at radius 2 is 1.63 bits per heavy atom. The van der Waals surface area contributed by atoms with Crippen molar-refractivity contribution in [2.24, 2.45) is 0 Å². The van der Waals surface area contributed by atoms with E-state index in [1.807, 2.05) is 32.9 Å². The highest BCUT2D eigenvalue weighted by Crippen LogP contribution is 2.40. The topological polar surface area (TPSA) is 80.5 Å². The van der Waals surface area contributed by atoms with Crippen molar-refractivity contribution in [2.45, 2.75) is 26.0 Å². The number of thioether (sulfide) groups is 1. The molecule has 0 atom stereocenters. The molecule has 1 heterocycles. The highest BCUT2D eigenvalue weighted by Gasteiger charge is 2.41. The van der Waals surface area contributed by atoms with Crippen molar-refractivity contribution >= 4 is 40.5 Å². The number of benzene rings is 2. The summed E-state index contributed by atoms with van der Waals surface area (Å²) >= 11 is 1.33. The molecule has 2 aromatic carbocycles. The minimum Gasteiger partial charge on any atom is -0.268 e. The Morgan fingerprint density at radius 1 is 1.00 bits per heavy atom. The van der Waals surface area contributed by atoms with E-state index in [1.165, 1.54) is 40.9 Å². The number of anilines is 1. The zero-order valence-electron chi connectivity index (χ0n) is 15.1. The molecule has 138 valence electrons. The van der Waals surface area contributed by atoms with Gasteiger partial charge >= 0.3 is 0 Å². The van der Waals surface area contributed by atoms with E-state index in [-0.39, 0.29) is 22.4 Å². The van der Waals surface area contributed by atoms with Gasteiger partial charge in [0.1, 0.15) is 0 Å². The SMILES string of the molecule is Cc1ccccc1N1C(=O)C(SC(C)C)=C(c2ccc([N+](=O)[O-])cc2)C1=O. The molecule has 1 aliphatic heterocycles. The van der Waals surface area contributed by atoms with Gasteiger partial charge in [-0.2, -0.15) is 0 Å². The first kappa shape index (κ1) is 18.8. The number of para-hydroxylation sites is 1.